The zero-order valence-corrected chi connectivity index (χ0v) is 25.3. The maximum atomic E-state index is 14.0. The average molecular weight is 676 g/mol. The third-order valence-corrected chi connectivity index (χ3v) is 10.2. The molecule has 218 valence electrons. The van der Waals surface area contributed by atoms with E-state index in [0.29, 0.717) is 29.1 Å². The molecule has 1 atom stereocenters. The first-order valence-corrected chi connectivity index (χ1v) is 16.0. The molecule has 3 saturated heterocycles. The summed E-state index contributed by atoms with van der Waals surface area (Å²) >= 11 is 2.31. The summed E-state index contributed by atoms with van der Waals surface area (Å²) in [5.41, 5.74) is 3.77. The number of nitrogens with zero attached hydrogens (tertiary/aromatic N) is 4. The molecule has 7 rings (SSSR count). The number of fused-ring (bicyclic) bond motifs is 1. The predicted octanol–water partition coefficient (Wildman–Crippen LogP) is 7.21. The number of aromatic nitrogens is 2. The first-order chi connectivity index (χ1) is 19.8. The maximum absolute atomic E-state index is 14.0. The zero-order valence-electron chi connectivity index (χ0n) is 23.2. The Balaban J connectivity index is 1.18. The molecule has 10 heteroatoms. The molecule has 1 amide bonds. The molecule has 7 nitrogen and oxygen atoms in total. The molecule has 4 heterocycles. The van der Waals surface area contributed by atoms with Gasteiger partial charge in [0.15, 0.2) is 12.0 Å². The van der Waals surface area contributed by atoms with Crippen LogP contribution in [0, 0.1) is 8.99 Å². The zero-order chi connectivity index (χ0) is 28.2. The number of ether oxygens (including phenoxy) is 1. The summed E-state index contributed by atoms with van der Waals surface area (Å²) in [5.74, 6) is -2.11. The molecular weight excluding hydrogens is 639 g/mol. The fourth-order valence-electron chi connectivity index (χ4n) is 6.67. The Kier molecular flexibility index (Phi) is 7.12. The highest BCUT2D eigenvalue weighted by Crippen LogP contribution is 2.54. The highest BCUT2D eigenvalue weighted by atomic mass is 127. The minimum absolute atomic E-state index is 0.148. The number of carbonyl (C=O) groups excluding carboxylic acids is 1. The molecule has 1 saturated carbocycles. The Morgan fingerprint density at radius 1 is 0.951 bits per heavy atom. The molecule has 4 aliphatic rings. The van der Waals surface area contributed by atoms with Gasteiger partial charge in [0, 0.05) is 60.3 Å². The number of amides is 1. The second-order valence-corrected chi connectivity index (χ2v) is 13.5. The van der Waals surface area contributed by atoms with E-state index in [4.69, 9.17) is 9.84 Å². The lowest BCUT2D eigenvalue weighted by atomic mass is 9.93. The van der Waals surface area contributed by atoms with Gasteiger partial charge in [-0.3, -0.25) is 4.79 Å². The van der Waals surface area contributed by atoms with Crippen LogP contribution in [0.4, 0.5) is 26.0 Å². The summed E-state index contributed by atoms with van der Waals surface area (Å²) in [6, 6.07) is 11.8. The van der Waals surface area contributed by atoms with Crippen LogP contribution in [0.1, 0.15) is 74.4 Å². The van der Waals surface area contributed by atoms with Crippen molar-refractivity contribution < 1.29 is 18.3 Å². The first-order valence-electron chi connectivity index (χ1n) is 14.9. The number of anilines is 3. The largest absolute Gasteiger partial charge is 0.371 e. The van der Waals surface area contributed by atoms with Crippen LogP contribution in [0.5, 0.6) is 0 Å². The highest BCUT2D eigenvalue weighted by Gasteiger charge is 2.44. The molecule has 1 N–H and O–H groups in total. The molecule has 3 aliphatic heterocycles. The smallest absolute Gasteiger partial charge is 0.257 e. The van der Waals surface area contributed by atoms with Crippen molar-refractivity contribution in [1.82, 2.24) is 9.78 Å². The molecule has 2 aromatic carbocycles. The van der Waals surface area contributed by atoms with Gasteiger partial charge in [-0.15, -0.1) is 0 Å². The minimum atomic E-state index is -2.64. The molecule has 0 bridgehead atoms. The summed E-state index contributed by atoms with van der Waals surface area (Å²) in [7, 11) is 0. The van der Waals surface area contributed by atoms with Gasteiger partial charge in [-0.25, -0.2) is 13.5 Å². The molecule has 1 aromatic heterocycles. The van der Waals surface area contributed by atoms with Crippen molar-refractivity contribution in [1.29, 1.82) is 0 Å². The number of benzene rings is 2. The minimum Gasteiger partial charge on any atom is -0.371 e. The van der Waals surface area contributed by atoms with Crippen molar-refractivity contribution in [3.63, 3.8) is 0 Å². The van der Waals surface area contributed by atoms with Crippen LogP contribution >= 0.6 is 22.6 Å². The van der Waals surface area contributed by atoms with Crippen LogP contribution in [-0.4, -0.2) is 54.4 Å². The first kappa shape index (κ1) is 27.4. The van der Waals surface area contributed by atoms with Gasteiger partial charge in [0.05, 0.1) is 16.8 Å². The van der Waals surface area contributed by atoms with E-state index in [1.807, 2.05) is 39.9 Å². The molecule has 1 spiro atoms. The van der Waals surface area contributed by atoms with Crippen molar-refractivity contribution in [3.05, 3.63) is 45.5 Å². The molecular formula is C31H36F2IN5O2. The van der Waals surface area contributed by atoms with Gasteiger partial charge in [-0.2, -0.15) is 5.10 Å². The van der Waals surface area contributed by atoms with Gasteiger partial charge in [-0.05, 0) is 109 Å². The van der Waals surface area contributed by atoms with Gasteiger partial charge in [0.1, 0.15) is 0 Å². The van der Waals surface area contributed by atoms with E-state index in [-0.39, 0.29) is 38.1 Å². The summed E-state index contributed by atoms with van der Waals surface area (Å²) in [6.45, 7) is 3.12. The summed E-state index contributed by atoms with van der Waals surface area (Å²) < 4.78 is 37.0. The van der Waals surface area contributed by atoms with Crippen LogP contribution in [-0.2, 0) is 4.74 Å². The Bertz CT molecular complexity index is 1450. The van der Waals surface area contributed by atoms with Gasteiger partial charge < -0.3 is 19.9 Å². The van der Waals surface area contributed by atoms with Gasteiger partial charge in [-0.1, -0.05) is 0 Å². The van der Waals surface area contributed by atoms with Crippen molar-refractivity contribution in [3.8, 4) is 0 Å². The number of halogens is 3. The quantitative estimate of drug-likeness (QED) is 0.290. The van der Waals surface area contributed by atoms with Crippen LogP contribution in [0.25, 0.3) is 10.9 Å². The highest BCUT2D eigenvalue weighted by molar-refractivity contribution is 14.1. The molecule has 3 aromatic rings. The van der Waals surface area contributed by atoms with E-state index < -0.39 is 5.92 Å². The van der Waals surface area contributed by atoms with Crippen LogP contribution in [0.2, 0.25) is 0 Å². The lowest BCUT2D eigenvalue weighted by Crippen LogP contribution is -2.39. The van der Waals surface area contributed by atoms with E-state index in [2.05, 4.69) is 38.9 Å². The van der Waals surface area contributed by atoms with Gasteiger partial charge in [0.25, 0.3) is 11.8 Å². The molecule has 1 unspecified atom stereocenters. The molecule has 41 heavy (non-hydrogen) atoms. The predicted molar refractivity (Wildman–Crippen MR) is 165 cm³/mol. The van der Waals surface area contributed by atoms with Gasteiger partial charge in [0.2, 0.25) is 0 Å². The molecule has 4 fully saturated rings. The number of hydrogen-bond acceptors (Lipinski definition) is 5. The number of carbonyl (C=O) groups is 1. The average Bonchev–Trinajstić information content (AvgIpc) is 3.62. The van der Waals surface area contributed by atoms with Gasteiger partial charge >= 0.3 is 0 Å². The number of alkyl halides is 2. The van der Waals surface area contributed by atoms with Crippen molar-refractivity contribution in [2.45, 2.75) is 69.9 Å². The fraction of sp³-hybridized carbons (Fsp3) is 0.548. The normalized spacial score (nSPS) is 23.6. The lowest BCUT2D eigenvalue weighted by Gasteiger charge is -2.35. The number of piperidine rings is 2. The van der Waals surface area contributed by atoms with Crippen LogP contribution in [0.15, 0.2) is 36.4 Å². The lowest BCUT2D eigenvalue weighted by molar-refractivity contribution is -0.0369. The van der Waals surface area contributed by atoms with Crippen molar-refractivity contribution in [2.24, 2.45) is 5.41 Å². The Labute approximate surface area is 252 Å². The van der Waals surface area contributed by atoms with E-state index in [9.17, 15) is 13.6 Å². The number of nitrogens with one attached hydrogen (secondary N) is 1. The molecule has 1 aliphatic carbocycles. The van der Waals surface area contributed by atoms with E-state index in [1.165, 1.54) is 25.7 Å². The monoisotopic (exact) mass is 675 g/mol. The summed E-state index contributed by atoms with van der Waals surface area (Å²) in [6.07, 6.45) is 7.45. The van der Waals surface area contributed by atoms with Crippen LogP contribution < -0.4 is 15.1 Å². The number of rotatable bonds is 5. The second kappa shape index (κ2) is 10.7. The Morgan fingerprint density at radius 2 is 1.71 bits per heavy atom. The van der Waals surface area contributed by atoms with E-state index in [0.717, 1.165) is 52.5 Å². The SMILES string of the molecule is O=C(Nc1ccc2c(c1)c(N1CCC(F)(F)CC1)nn2C1CCCCO1)c1ccc(I)cc1N1CCC2(CC1)CC2. The summed E-state index contributed by atoms with van der Waals surface area (Å²) in [4.78, 5) is 18.0. The topological polar surface area (TPSA) is 62.6 Å². The third-order valence-electron chi connectivity index (χ3n) is 9.49. The fourth-order valence-corrected chi connectivity index (χ4v) is 7.15. The van der Waals surface area contributed by atoms with Crippen molar-refractivity contribution in [2.75, 3.05) is 47.9 Å². The summed E-state index contributed by atoms with van der Waals surface area (Å²) in [5, 5.41) is 8.90. The van der Waals surface area contributed by atoms with Crippen LogP contribution in [0.3, 0.4) is 0 Å². The van der Waals surface area contributed by atoms with Crippen molar-refractivity contribution >= 4 is 56.6 Å². The third kappa shape index (κ3) is 5.53. The number of hydrogen-bond donors (Lipinski definition) is 1. The second-order valence-electron chi connectivity index (χ2n) is 12.3. The maximum Gasteiger partial charge on any atom is 0.257 e. The standard InChI is InChI=1S/C31H36F2IN5O2/c32-31(33)12-16-38(17-13-31)28-24-20-22(5-7-25(24)39(36-28)27-3-1-2-18-41-27)35-29(40)23-6-4-21(34)19-26(23)37-14-10-30(8-9-30)11-15-37/h4-7,19-20,27H,1-3,8-18H2,(H,35,40). The molecule has 0 radical (unpaired) electrons. The van der Waals surface area contributed by atoms with E-state index >= 15 is 0 Å². The Hall–Kier alpha value is -2.47. The van der Waals surface area contributed by atoms with E-state index in [1.54, 1.807) is 0 Å². The Morgan fingerprint density at radius 3 is 2.41 bits per heavy atom.